The van der Waals surface area contributed by atoms with E-state index >= 15 is 0 Å². The largest absolute Gasteiger partial charge is 0.505 e. The van der Waals surface area contributed by atoms with Crippen molar-refractivity contribution in [2.75, 3.05) is 12.4 Å². The van der Waals surface area contributed by atoms with E-state index in [1.54, 1.807) is 43.3 Å². The first-order valence-corrected chi connectivity index (χ1v) is 30.2. The van der Waals surface area contributed by atoms with Crippen LogP contribution in [0, 0.1) is 6.92 Å². The van der Waals surface area contributed by atoms with Crippen LogP contribution in [0.4, 0.5) is 33.6 Å². The van der Waals surface area contributed by atoms with Crippen LogP contribution < -0.4 is 4.74 Å². The van der Waals surface area contributed by atoms with Crippen molar-refractivity contribution in [1.82, 2.24) is 14.8 Å². The second-order valence-corrected chi connectivity index (χ2v) is 23.5. The van der Waals surface area contributed by atoms with E-state index in [0.717, 1.165) is 34.2 Å². The zero-order valence-corrected chi connectivity index (χ0v) is 46.0. The summed E-state index contributed by atoms with van der Waals surface area (Å²) in [5, 5.41) is 51.5. The number of thiazole rings is 1. The lowest BCUT2D eigenvalue weighted by molar-refractivity contribution is 0.317. The summed E-state index contributed by atoms with van der Waals surface area (Å²) in [6, 6.07) is 23.0. The molecule has 0 fully saturated rings. The van der Waals surface area contributed by atoms with E-state index in [4.69, 9.17) is 41.6 Å². The Kier molecular flexibility index (Phi) is 19.2. The molecular formula is C42H32ClN9O21S7. The van der Waals surface area contributed by atoms with Crippen LogP contribution in [0.15, 0.2) is 149 Å². The van der Waals surface area contributed by atoms with Crippen LogP contribution in [0.1, 0.15) is 12.0 Å². The van der Waals surface area contributed by atoms with Crippen molar-refractivity contribution < 1.29 is 92.1 Å². The average Bonchev–Trinajstić information content (AvgIpc) is 3.96. The van der Waals surface area contributed by atoms with Crippen LogP contribution in [0.25, 0.3) is 37.9 Å². The molecule has 0 aliphatic carbocycles. The zero-order chi connectivity index (χ0) is 59.1. The van der Waals surface area contributed by atoms with Crippen molar-refractivity contribution in [3.05, 3.63) is 114 Å². The van der Waals surface area contributed by atoms with Crippen LogP contribution in [-0.4, -0.2) is 114 Å². The second kappa shape index (κ2) is 25.0. The first-order valence-electron chi connectivity index (χ1n) is 21.1. The van der Waals surface area contributed by atoms with E-state index in [1.165, 1.54) is 48.5 Å². The molecule has 0 spiro atoms. The number of halogens is 1. The number of para-hydroxylation sites is 1. The standard InChI is InChI=1S/C42H32ClN9O15S5.2O3S/c1-22-17-32(33(67-15-6-16-69(55,56)57)21-31(22)47-50-42-44-37-34(68-42)9-5-10-35(37)71(61,62)63)48-45-29-13-12-28-27(39(29)53)11-14-30(40(28)72(64,65)66)46-49-38-36(23-7-3-2-4-8-23)51-52(41(38)54)25-18-24(43)19-26(20-25)70(58,59)60;2*1-4(2)3/h2-5,7-14,17-21,53-54H,6,15-16H2,1H3,(H,55,56,57)(H,58,59,60)(H,61,62,63)(H,64,65,66);;. The quantitative estimate of drug-likeness (QED) is 0.0301. The molecule has 38 heteroatoms. The third-order valence-corrected chi connectivity index (χ3v) is 14.7. The topological polar surface area (TPSA) is 474 Å². The number of azo groups is 3. The minimum absolute atomic E-state index is 0.0145. The van der Waals surface area contributed by atoms with Crippen molar-refractivity contribution in [2.45, 2.75) is 28.0 Å². The minimum atomic E-state index is -5.18. The lowest BCUT2D eigenvalue weighted by atomic mass is 10.1. The fourth-order valence-electron chi connectivity index (χ4n) is 6.91. The highest BCUT2D eigenvalue weighted by Crippen LogP contribution is 2.45. The highest BCUT2D eigenvalue weighted by molar-refractivity contribution is 7.86. The molecular weight excluding hydrogens is 1230 g/mol. The number of hydrogen-bond donors (Lipinski definition) is 6. The predicted molar refractivity (Wildman–Crippen MR) is 280 cm³/mol. The van der Waals surface area contributed by atoms with E-state index in [2.05, 4.69) is 40.8 Å². The molecule has 30 nitrogen and oxygen atoms in total. The van der Waals surface area contributed by atoms with E-state index in [0.29, 0.717) is 15.8 Å². The van der Waals surface area contributed by atoms with Gasteiger partial charge in [-0.2, -0.15) is 43.5 Å². The Labute approximate surface area is 462 Å². The third-order valence-electron chi connectivity index (χ3n) is 10.1. The number of rotatable bonds is 16. The van der Waals surface area contributed by atoms with E-state index < -0.39 is 99.4 Å². The van der Waals surface area contributed by atoms with Crippen molar-refractivity contribution >= 4 is 139 Å². The van der Waals surface area contributed by atoms with Crippen LogP contribution in [0.3, 0.4) is 0 Å². The number of aromatic hydroxyl groups is 2. The minimum Gasteiger partial charge on any atom is -0.505 e. The van der Waals surface area contributed by atoms with Gasteiger partial charge in [-0.05, 0) is 73.5 Å². The van der Waals surface area contributed by atoms with Gasteiger partial charge < -0.3 is 14.9 Å². The molecule has 8 rings (SSSR count). The molecule has 0 aliphatic heterocycles. The molecule has 0 saturated heterocycles. The molecule has 0 saturated carbocycles. The fourth-order valence-corrected chi connectivity index (χ4v) is 10.6. The molecule has 0 aliphatic rings. The van der Waals surface area contributed by atoms with Crippen molar-refractivity contribution in [3.63, 3.8) is 0 Å². The van der Waals surface area contributed by atoms with Gasteiger partial charge >= 0.3 is 21.2 Å². The average molecular weight is 1260 g/mol. The fraction of sp³-hybridized carbons (Fsp3) is 0.0952. The number of benzene rings is 6. The lowest BCUT2D eigenvalue weighted by Crippen LogP contribution is -2.08. The van der Waals surface area contributed by atoms with Gasteiger partial charge in [0.2, 0.25) is 11.0 Å². The number of phenols is 1. The van der Waals surface area contributed by atoms with E-state index in [9.17, 15) is 62.1 Å². The molecule has 6 N–H and O–H groups in total. The van der Waals surface area contributed by atoms with Crippen molar-refractivity contribution in [1.29, 1.82) is 0 Å². The molecule has 6 aromatic carbocycles. The first kappa shape index (κ1) is 61.3. The number of ether oxygens (including phenoxy) is 1. The SMILES string of the molecule is Cc1cc(N=Nc2ccc3c(S(=O)(=O)O)c(N=Nc4c(-c5ccccc5)nn(-c5cc(Cl)cc(S(=O)(=O)O)c5)c4O)ccc3c2O)c(OCCCS(=O)(=O)O)cc1N=Nc1nc2c(S(=O)(=O)O)cccc2s1.O=S(=O)=O.O=S(=O)=O. The number of aryl methyl sites for hydroxylation is 1. The molecule has 0 atom stereocenters. The Bertz CT molecular complexity index is 4530. The smallest absolute Gasteiger partial charge is 0.425 e. The maximum absolute atomic E-state index is 13.0. The van der Waals surface area contributed by atoms with Crippen LogP contribution in [0.5, 0.6) is 17.4 Å². The molecule has 0 radical (unpaired) electrons. The third kappa shape index (κ3) is 15.9. The van der Waals surface area contributed by atoms with Gasteiger partial charge in [0.1, 0.15) is 43.8 Å². The van der Waals surface area contributed by atoms with Crippen molar-refractivity contribution in [2.24, 2.45) is 30.7 Å². The van der Waals surface area contributed by atoms with Crippen LogP contribution >= 0.6 is 22.9 Å². The second-order valence-electron chi connectivity index (χ2n) is 15.5. The van der Waals surface area contributed by atoms with Gasteiger partial charge in [-0.3, -0.25) is 18.2 Å². The monoisotopic (exact) mass is 1260 g/mol. The molecule has 420 valence electrons. The number of phenolic OH excluding ortho intramolecular Hbond substituents is 1. The zero-order valence-electron chi connectivity index (χ0n) is 39.5. The van der Waals surface area contributed by atoms with Gasteiger partial charge in [-0.25, -0.2) is 4.98 Å². The van der Waals surface area contributed by atoms with Gasteiger partial charge in [0.25, 0.3) is 40.5 Å². The normalized spacial score (nSPS) is 12.2. The maximum atomic E-state index is 13.0. The molecule has 8 aromatic rings. The summed E-state index contributed by atoms with van der Waals surface area (Å²) in [7, 11) is -25.1. The summed E-state index contributed by atoms with van der Waals surface area (Å²) in [6.07, 6.45) is -0.159. The summed E-state index contributed by atoms with van der Waals surface area (Å²) < 4.78 is 193. The summed E-state index contributed by atoms with van der Waals surface area (Å²) in [5.74, 6) is -2.02. The van der Waals surface area contributed by atoms with Gasteiger partial charge in [0, 0.05) is 27.4 Å². The molecule has 0 amide bonds. The molecule has 0 unspecified atom stereocenters. The Morgan fingerprint density at radius 1 is 0.650 bits per heavy atom. The Morgan fingerprint density at radius 2 is 1.26 bits per heavy atom. The van der Waals surface area contributed by atoms with Crippen molar-refractivity contribution in [3.8, 4) is 34.3 Å². The highest BCUT2D eigenvalue weighted by atomic mass is 35.5. The number of fused-ring (bicyclic) bond motifs is 2. The summed E-state index contributed by atoms with van der Waals surface area (Å²) >= 11 is 7.12. The van der Waals surface area contributed by atoms with Gasteiger partial charge in [0.15, 0.2) is 11.4 Å². The van der Waals surface area contributed by atoms with E-state index in [1.807, 2.05) is 0 Å². The number of nitrogens with zero attached hydrogens (tertiary/aromatic N) is 9. The number of hydrogen-bond acceptors (Lipinski definition) is 26. The molecule has 2 aromatic heterocycles. The Morgan fingerprint density at radius 3 is 1.89 bits per heavy atom. The Hall–Kier alpha value is -7.95. The number of aromatic nitrogens is 3. The van der Waals surface area contributed by atoms with Crippen LogP contribution in [0.2, 0.25) is 5.02 Å². The van der Waals surface area contributed by atoms with Gasteiger partial charge in [-0.15, -0.1) is 55.9 Å². The van der Waals surface area contributed by atoms with Gasteiger partial charge in [-0.1, -0.05) is 65.4 Å². The molecule has 0 bridgehead atoms. The highest BCUT2D eigenvalue weighted by Gasteiger charge is 2.26. The maximum Gasteiger partial charge on any atom is 0.425 e. The molecule has 2 heterocycles. The summed E-state index contributed by atoms with van der Waals surface area (Å²) in [6.45, 7) is 1.35. The Balaban J connectivity index is 0.00000121. The molecule has 80 heavy (non-hydrogen) atoms. The summed E-state index contributed by atoms with van der Waals surface area (Å²) in [4.78, 5) is 2.31. The first-order chi connectivity index (χ1) is 37.3. The van der Waals surface area contributed by atoms with Gasteiger partial charge in [0.05, 0.1) is 33.3 Å². The van der Waals surface area contributed by atoms with Crippen LogP contribution in [-0.2, 0) is 61.7 Å². The summed E-state index contributed by atoms with van der Waals surface area (Å²) in [5.41, 5.74) is -0.246. The lowest BCUT2D eigenvalue weighted by Gasteiger charge is -2.11. The predicted octanol–water partition coefficient (Wildman–Crippen LogP) is 8.31. The van der Waals surface area contributed by atoms with E-state index in [-0.39, 0.29) is 79.4 Å².